The molecule has 2 aliphatic carbocycles. The Bertz CT molecular complexity index is 1940. The molecule has 6 rings (SSSR count). The van der Waals surface area contributed by atoms with Gasteiger partial charge < -0.3 is 0 Å². The van der Waals surface area contributed by atoms with E-state index in [9.17, 15) is 52.7 Å². The Morgan fingerprint density at radius 2 is 0.489 bits per heavy atom. The summed E-state index contributed by atoms with van der Waals surface area (Å²) in [5, 5.41) is 0. The summed E-state index contributed by atoms with van der Waals surface area (Å²) in [4.78, 5) is 0. The molecule has 0 heterocycles. The number of benzene rings is 4. The second-order valence-electron chi connectivity index (χ2n) is 9.68. The first-order valence-electron chi connectivity index (χ1n) is 11.6. The quantitative estimate of drug-likeness (QED) is 0.0916. The Labute approximate surface area is 235 Å². The lowest BCUT2D eigenvalue weighted by atomic mass is 9.58. The third-order valence-electron chi connectivity index (χ3n) is 7.49. The van der Waals surface area contributed by atoms with E-state index in [0.29, 0.717) is 0 Å². The summed E-state index contributed by atoms with van der Waals surface area (Å²) in [7, 11) is -2.41. The summed E-state index contributed by atoms with van der Waals surface area (Å²) in [6.07, 6.45) is 0. The molecule has 0 fully saturated rings. The van der Waals surface area contributed by atoms with Gasteiger partial charge in [0, 0.05) is 33.4 Å². The number of rotatable bonds is 2. The molecule has 0 amide bonds. The maximum atomic E-state index is 15.5. The maximum absolute atomic E-state index is 15.5. The summed E-state index contributed by atoms with van der Waals surface area (Å²) < 4.78 is 265. The molecule has 4 aromatic carbocycles. The molecule has 4 aromatic rings. The SMILES string of the molecule is Fc1c(F)c(F)c2c(c1F)-c1c(F)c(F)c(F)c(Bc3c(F)c(F)c(F)c4c3C(F)(F)c3c(F)c(F)c(F)c(F)c3-4)c1C2(F)F. The lowest BCUT2D eigenvalue weighted by Crippen LogP contribution is -2.42. The molecule has 0 aliphatic heterocycles. The minimum Gasteiger partial charge on any atom is -0.204 e. The molecule has 234 valence electrons. The van der Waals surface area contributed by atoms with Gasteiger partial charge in [-0.25, -0.2) is 61.5 Å². The van der Waals surface area contributed by atoms with Gasteiger partial charge in [-0.05, 0) is 10.9 Å². The van der Waals surface area contributed by atoms with Crippen molar-refractivity contribution in [2.24, 2.45) is 0 Å². The molecular formula is C26HBF18. The van der Waals surface area contributed by atoms with Crippen molar-refractivity contribution in [3.8, 4) is 22.3 Å². The highest BCUT2D eigenvalue weighted by Gasteiger charge is 2.57. The third-order valence-corrected chi connectivity index (χ3v) is 7.49. The van der Waals surface area contributed by atoms with Gasteiger partial charge in [0.2, 0.25) is 7.28 Å². The van der Waals surface area contributed by atoms with Gasteiger partial charge in [-0.1, -0.05) is 0 Å². The topological polar surface area (TPSA) is 0 Å². The van der Waals surface area contributed by atoms with Crippen molar-refractivity contribution >= 4 is 18.2 Å². The molecule has 0 saturated carbocycles. The van der Waals surface area contributed by atoms with Gasteiger partial charge in [-0.2, -0.15) is 17.6 Å². The van der Waals surface area contributed by atoms with Gasteiger partial charge in [0.25, 0.3) is 0 Å². The molecule has 0 saturated heterocycles. The van der Waals surface area contributed by atoms with E-state index < -0.39 is 156 Å². The highest BCUT2D eigenvalue weighted by atomic mass is 19.3. The van der Waals surface area contributed by atoms with Gasteiger partial charge in [0.05, 0.1) is 11.1 Å². The molecular weight excluding hydrogens is 665 g/mol. The molecule has 0 nitrogen and oxygen atoms in total. The average molecular weight is 666 g/mol. The largest absolute Gasteiger partial charge is 0.302 e. The fourth-order valence-corrected chi connectivity index (χ4v) is 5.66. The van der Waals surface area contributed by atoms with Gasteiger partial charge in [-0.3, -0.25) is 0 Å². The van der Waals surface area contributed by atoms with E-state index in [-0.39, 0.29) is 0 Å². The van der Waals surface area contributed by atoms with Crippen molar-refractivity contribution in [3.05, 3.63) is 104 Å². The summed E-state index contributed by atoms with van der Waals surface area (Å²) in [6.45, 7) is 0. The van der Waals surface area contributed by atoms with Crippen LogP contribution in [0.1, 0.15) is 22.3 Å². The number of fused-ring (bicyclic) bond motifs is 6. The van der Waals surface area contributed by atoms with Crippen LogP contribution in [0.3, 0.4) is 0 Å². The van der Waals surface area contributed by atoms with Crippen LogP contribution in [-0.4, -0.2) is 7.28 Å². The van der Waals surface area contributed by atoms with Crippen molar-refractivity contribution in [1.29, 1.82) is 0 Å². The third kappa shape index (κ3) is 3.46. The van der Waals surface area contributed by atoms with Crippen LogP contribution >= 0.6 is 0 Å². The minimum absolute atomic E-state index is 2.23. The molecule has 0 aromatic heterocycles. The van der Waals surface area contributed by atoms with E-state index >= 15 is 26.3 Å². The van der Waals surface area contributed by atoms with Crippen molar-refractivity contribution in [2.45, 2.75) is 11.8 Å². The number of alkyl halides is 4. The molecule has 2 aliphatic rings. The fourth-order valence-electron chi connectivity index (χ4n) is 5.66. The van der Waals surface area contributed by atoms with Gasteiger partial charge in [0.15, 0.2) is 81.4 Å². The van der Waals surface area contributed by atoms with E-state index in [2.05, 4.69) is 0 Å². The Morgan fingerprint density at radius 1 is 0.267 bits per heavy atom. The van der Waals surface area contributed by atoms with Gasteiger partial charge >= 0.3 is 11.8 Å². The second kappa shape index (κ2) is 9.12. The van der Waals surface area contributed by atoms with Crippen molar-refractivity contribution in [3.63, 3.8) is 0 Å². The monoisotopic (exact) mass is 666 g/mol. The van der Waals surface area contributed by atoms with Crippen LogP contribution in [0, 0.1) is 81.4 Å². The molecule has 0 bridgehead atoms. The van der Waals surface area contributed by atoms with Crippen LogP contribution in [-0.2, 0) is 11.8 Å². The van der Waals surface area contributed by atoms with Gasteiger partial charge in [-0.15, -0.1) is 0 Å². The molecule has 45 heavy (non-hydrogen) atoms. The highest BCUT2D eigenvalue weighted by Crippen LogP contribution is 2.56. The standard InChI is InChI=1S/C26HBF18/c28-11-1-3-7(15(32)23(40)21(38)13(3)30)25(42,43)5(1)9(17(34)19(11)36)27-10-6-2(12(29)20(37)18(10)35)4-8(26(6,44)45)16(33)24(41)22(39)14(4)31/h27H. The average Bonchev–Trinajstić information content (AvgIpc) is 3.38. The van der Waals surface area contributed by atoms with Crippen molar-refractivity contribution in [1.82, 2.24) is 0 Å². The lowest BCUT2D eigenvalue weighted by Gasteiger charge is -2.21. The normalized spacial score (nSPS) is 15.2. The molecule has 0 atom stereocenters. The van der Waals surface area contributed by atoms with E-state index in [1.54, 1.807) is 0 Å². The smallest absolute Gasteiger partial charge is 0.204 e. The molecule has 19 heteroatoms. The van der Waals surface area contributed by atoms with E-state index in [1.165, 1.54) is 0 Å². The lowest BCUT2D eigenvalue weighted by molar-refractivity contribution is 0.0433. The predicted octanol–water partition coefficient (Wildman–Crippen LogP) is 7.26. The van der Waals surface area contributed by atoms with Crippen LogP contribution < -0.4 is 10.9 Å². The predicted molar refractivity (Wildman–Crippen MR) is 116 cm³/mol. The Hall–Kier alpha value is -4.32. The number of hydrogen-bond acceptors (Lipinski definition) is 0. The molecule has 0 radical (unpaired) electrons. The first kappa shape index (κ1) is 30.7. The number of hydrogen-bond donors (Lipinski definition) is 0. The first-order valence-corrected chi connectivity index (χ1v) is 11.6. The van der Waals surface area contributed by atoms with Crippen LogP contribution in [0.5, 0.6) is 0 Å². The van der Waals surface area contributed by atoms with E-state index in [1.807, 2.05) is 0 Å². The van der Waals surface area contributed by atoms with Gasteiger partial charge in [0.1, 0.15) is 0 Å². The Kier molecular flexibility index (Phi) is 6.22. The molecule has 0 unspecified atom stereocenters. The van der Waals surface area contributed by atoms with E-state index in [4.69, 9.17) is 0 Å². The minimum atomic E-state index is -5.43. The Morgan fingerprint density at radius 3 is 0.778 bits per heavy atom. The Balaban J connectivity index is 1.74. The second-order valence-corrected chi connectivity index (χ2v) is 9.68. The zero-order chi connectivity index (χ0) is 33.6. The zero-order valence-electron chi connectivity index (χ0n) is 20.5. The van der Waals surface area contributed by atoms with Crippen LogP contribution in [0.4, 0.5) is 79.0 Å². The van der Waals surface area contributed by atoms with Crippen LogP contribution in [0.25, 0.3) is 22.3 Å². The van der Waals surface area contributed by atoms with Crippen molar-refractivity contribution in [2.75, 3.05) is 0 Å². The first-order chi connectivity index (χ1) is 20.7. The summed E-state index contributed by atoms with van der Waals surface area (Å²) in [6, 6.07) is 0. The van der Waals surface area contributed by atoms with Crippen molar-refractivity contribution < 1.29 is 79.0 Å². The zero-order valence-corrected chi connectivity index (χ0v) is 20.5. The van der Waals surface area contributed by atoms with Crippen LogP contribution in [0.15, 0.2) is 0 Å². The summed E-state index contributed by atoms with van der Waals surface area (Å²) in [5.74, 6) is -51.0. The van der Waals surface area contributed by atoms with Crippen LogP contribution in [0.2, 0.25) is 0 Å². The maximum Gasteiger partial charge on any atom is 0.302 e. The summed E-state index contributed by atoms with van der Waals surface area (Å²) >= 11 is 0. The molecule has 0 N–H and O–H groups in total. The summed E-state index contributed by atoms with van der Waals surface area (Å²) in [5.41, 5.74) is -23.5. The van der Waals surface area contributed by atoms with E-state index in [0.717, 1.165) is 0 Å². The molecule has 0 spiro atoms. The fraction of sp³-hybridized carbons (Fsp3) is 0.0769. The number of halogens is 18. The highest BCUT2D eigenvalue weighted by molar-refractivity contribution is 6.69.